The predicted octanol–water partition coefficient (Wildman–Crippen LogP) is 4.67. The molecule has 1 N–H and O–H groups in total. The molecule has 0 radical (unpaired) electrons. The molecular formula is C17H27ClN2O. The highest BCUT2D eigenvalue weighted by atomic mass is 35.5. The highest BCUT2D eigenvalue weighted by Crippen LogP contribution is 2.25. The molecule has 1 aromatic rings. The Kier molecular flexibility index (Phi) is 7.03. The first-order chi connectivity index (χ1) is 9.88. The summed E-state index contributed by atoms with van der Waals surface area (Å²) < 4.78 is 0. The highest BCUT2D eigenvalue weighted by Gasteiger charge is 2.17. The van der Waals surface area contributed by atoms with E-state index in [-0.39, 0.29) is 5.91 Å². The van der Waals surface area contributed by atoms with E-state index in [4.69, 9.17) is 11.6 Å². The number of halogens is 1. The van der Waals surface area contributed by atoms with Gasteiger partial charge in [0.15, 0.2) is 0 Å². The van der Waals surface area contributed by atoms with E-state index >= 15 is 0 Å². The van der Waals surface area contributed by atoms with Crippen molar-refractivity contribution in [3.8, 4) is 0 Å². The van der Waals surface area contributed by atoms with Gasteiger partial charge in [-0.3, -0.25) is 4.79 Å². The first-order valence-corrected chi connectivity index (χ1v) is 8.04. The summed E-state index contributed by atoms with van der Waals surface area (Å²) in [6.07, 6.45) is 3.28. The maximum absolute atomic E-state index is 12.3. The number of amides is 1. The maximum atomic E-state index is 12.3. The zero-order chi connectivity index (χ0) is 16.0. The fourth-order valence-electron chi connectivity index (χ4n) is 2.26. The number of hydrogen-bond donors (Lipinski definition) is 1. The standard InChI is InChI=1S/C17H27ClN2O/c1-6-12(3)10-14(7-2)19-16-11-13(18)8-9-15(16)17(21)20(4)5/h8-9,11-12,14,19H,6-7,10H2,1-5H3. The molecule has 4 heteroatoms. The largest absolute Gasteiger partial charge is 0.382 e. The minimum Gasteiger partial charge on any atom is -0.382 e. The SMILES string of the molecule is CCC(C)CC(CC)Nc1cc(Cl)ccc1C(=O)N(C)C. The summed E-state index contributed by atoms with van der Waals surface area (Å²) >= 11 is 6.10. The minimum atomic E-state index is -0.00689. The molecule has 1 rings (SSSR count). The molecule has 0 saturated carbocycles. The molecule has 0 bridgehead atoms. The van der Waals surface area contributed by atoms with Gasteiger partial charge < -0.3 is 10.2 Å². The van der Waals surface area contributed by atoms with Crippen LogP contribution in [0.4, 0.5) is 5.69 Å². The molecule has 0 fully saturated rings. The number of carbonyl (C=O) groups is 1. The predicted molar refractivity (Wildman–Crippen MR) is 91.2 cm³/mol. The highest BCUT2D eigenvalue weighted by molar-refractivity contribution is 6.31. The van der Waals surface area contributed by atoms with Crippen molar-refractivity contribution in [2.45, 2.75) is 46.1 Å². The van der Waals surface area contributed by atoms with Crippen molar-refractivity contribution < 1.29 is 4.79 Å². The Balaban J connectivity index is 2.99. The Morgan fingerprint density at radius 1 is 1.29 bits per heavy atom. The normalized spacial score (nSPS) is 13.6. The Hall–Kier alpha value is -1.22. The smallest absolute Gasteiger partial charge is 0.255 e. The summed E-state index contributed by atoms with van der Waals surface area (Å²) in [5.74, 6) is 0.655. The zero-order valence-corrected chi connectivity index (χ0v) is 14.5. The van der Waals surface area contributed by atoms with Gasteiger partial charge in [0.2, 0.25) is 0 Å². The fourth-order valence-corrected chi connectivity index (χ4v) is 2.44. The lowest BCUT2D eigenvalue weighted by atomic mass is 9.97. The molecule has 0 spiro atoms. The summed E-state index contributed by atoms with van der Waals surface area (Å²) in [5.41, 5.74) is 1.50. The van der Waals surface area contributed by atoms with Gasteiger partial charge >= 0.3 is 0 Å². The van der Waals surface area contributed by atoms with Crippen molar-refractivity contribution in [3.05, 3.63) is 28.8 Å². The zero-order valence-electron chi connectivity index (χ0n) is 13.7. The lowest BCUT2D eigenvalue weighted by molar-refractivity contribution is 0.0828. The topological polar surface area (TPSA) is 32.3 Å². The molecular weight excluding hydrogens is 284 g/mol. The van der Waals surface area contributed by atoms with Crippen LogP contribution in [0.3, 0.4) is 0 Å². The van der Waals surface area contributed by atoms with Crippen LogP contribution in [-0.2, 0) is 0 Å². The second-order valence-electron chi connectivity index (χ2n) is 5.89. The van der Waals surface area contributed by atoms with Gasteiger partial charge in [0.05, 0.1) is 5.56 Å². The second kappa shape index (κ2) is 8.28. The van der Waals surface area contributed by atoms with Crippen LogP contribution in [0.1, 0.15) is 50.4 Å². The third-order valence-corrected chi connectivity index (χ3v) is 4.09. The molecule has 3 nitrogen and oxygen atoms in total. The maximum Gasteiger partial charge on any atom is 0.255 e. The van der Waals surface area contributed by atoms with E-state index in [9.17, 15) is 4.79 Å². The molecule has 0 aromatic heterocycles. The van der Waals surface area contributed by atoms with Gasteiger partial charge in [-0.15, -0.1) is 0 Å². The lowest BCUT2D eigenvalue weighted by Crippen LogP contribution is -2.26. The van der Waals surface area contributed by atoms with Gasteiger partial charge in [0, 0.05) is 30.8 Å². The molecule has 118 valence electrons. The molecule has 0 heterocycles. The summed E-state index contributed by atoms with van der Waals surface area (Å²) in [5, 5.41) is 4.15. The van der Waals surface area contributed by atoms with Crippen LogP contribution < -0.4 is 5.32 Å². The van der Waals surface area contributed by atoms with Gasteiger partial charge in [-0.05, 0) is 37.0 Å². The van der Waals surface area contributed by atoms with Crippen LogP contribution in [-0.4, -0.2) is 30.9 Å². The van der Waals surface area contributed by atoms with Crippen LogP contribution in [0.15, 0.2) is 18.2 Å². The lowest BCUT2D eigenvalue weighted by Gasteiger charge is -2.24. The van der Waals surface area contributed by atoms with E-state index in [0.29, 0.717) is 22.5 Å². The van der Waals surface area contributed by atoms with Crippen LogP contribution in [0, 0.1) is 5.92 Å². The van der Waals surface area contributed by atoms with Gasteiger partial charge in [0.1, 0.15) is 0 Å². The Morgan fingerprint density at radius 2 is 1.95 bits per heavy atom. The van der Waals surface area contributed by atoms with Crippen molar-refractivity contribution >= 4 is 23.2 Å². The summed E-state index contributed by atoms with van der Waals surface area (Å²) in [6.45, 7) is 6.63. The fraction of sp³-hybridized carbons (Fsp3) is 0.588. The quantitative estimate of drug-likeness (QED) is 0.794. The number of benzene rings is 1. The molecule has 0 aliphatic carbocycles. The van der Waals surface area contributed by atoms with Crippen molar-refractivity contribution in [3.63, 3.8) is 0 Å². The third-order valence-electron chi connectivity index (χ3n) is 3.85. The van der Waals surface area contributed by atoms with E-state index < -0.39 is 0 Å². The molecule has 1 aromatic carbocycles. The van der Waals surface area contributed by atoms with Crippen LogP contribution in [0.5, 0.6) is 0 Å². The number of rotatable bonds is 7. The average Bonchev–Trinajstić information content (AvgIpc) is 2.45. The van der Waals surface area contributed by atoms with Crippen molar-refractivity contribution in [2.75, 3.05) is 19.4 Å². The molecule has 2 unspecified atom stereocenters. The molecule has 1 amide bonds. The first kappa shape index (κ1) is 17.8. The van der Waals surface area contributed by atoms with Crippen molar-refractivity contribution in [2.24, 2.45) is 5.92 Å². The van der Waals surface area contributed by atoms with E-state index in [1.54, 1.807) is 31.1 Å². The molecule has 2 atom stereocenters. The van der Waals surface area contributed by atoms with Crippen LogP contribution in [0.2, 0.25) is 5.02 Å². The van der Waals surface area contributed by atoms with Crippen LogP contribution in [0.25, 0.3) is 0 Å². The third kappa shape index (κ3) is 5.24. The summed E-state index contributed by atoms with van der Waals surface area (Å²) in [6, 6.07) is 5.76. The number of anilines is 1. The monoisotopic (exact) mass is 310 g/mol. The molecule has 21 heavy (non-hydrogen) atoms. The summed E-state index contributed by atoms with van der Waals surface area (Å²) in [7, 11) is 3.52. The van der Waals surface area contributed by atoms with E-state index in [1.165, 1.54) is 0 Å². The molecule has 0 aliphatic heterocycles. The minimum absolute atomic E-state index is 0.00689. The Labute approximate surface area is 133 Å². The van der Waals surface area contributed by atoms with Gasteiger partial charge in [-0.1, -0.05) is 38.8 Å². The van der Waals surface area contributed by atoms with Crippen molar-refractivity contribution in [1.82, 2.24) is 4.90 Å². The molecule has 0 aliphatic rings. The summed E-state index contributed by atoms with van der Waals surface area (Å²) in [4.78, 5) is 13.9. The Morgan fingerprint density at radius 3 is 2.48 bits per heavy atom. The Bertz CT molecular complexity index is 474. The number of carbonyl (C=O) groups excluding carboxylic acids is 1. The first-order valence-electron chi connectivity index (χ1n) is 7.66. The van der Waals surface area contributed by atoms with Gasteiger partial charge in [0.25, 0.3) is 5.91 Å². The number of nitrogens with one attached hydrogen (secondary N) is 1. The molecule has 0 saturated heterocycles. The second-order valence-corrected chi connectivity index (χ2v) is 6.32. The number of hydrogen-bond acceptors (Lipinski definition) is 2. The van der Waals surface area contributed by atoms with E-state index in [0.717, 1.165) is 24.9 Å². The van der Waals surface area contributed by atoms with E-state index in [2.05, 4.69) is 26.1 Å². The average molecular weight is 311 g/mol. The van der Waals surface area contributed by atoms with Gasteiger partial charge in [-0.2, -0.15) is 0 Å². The van der Waals surface area contributed by atoms with Crippen LogP contribution >= 0.6 is 11.6 Å². The van der Waals surface area contributed by atoms with E-state index in [1.807, 2.05) is 6.07 Å². The van der Waals surface area contributed by atoms with Crippen molar-refractivity contribution in [1.29, 1.82) is 0 Å². The van der Waals surface area contributed by atoms with Gasteiger partial charge in [-0.25, -0.2) is 0 Å². The number of nitrogens with zero attached hydrogens (tertiary/aromatic N) is 1.